The zero-order valence-corrected chi connectivity index (χ0v) is 10.4. The molecule has 1 fully saturated rings. The van der Waals surface area contributed by atoms with Crippen molar-refractivity contribution in [3.63, 3.8) is 0 Å². The lowest BCUT2D eigenvalue weighted by Gasteiger charge is -2.19. The second kappa shape index (κ2) is 6.47. The fraction of sp³-hybridized carbons (Fsp3) is 0.833. The molecule has 17 heavy (non-hydrogen) atoms. The van der Waals surface area contributed by atoms with Gasteiger partial charge < -0.3 is 24.8 Å². The average molecular weight is 246 g/mol. The predicted octanol–water partition coefficient (Wildman–Crippen LogP) is -0.161. The van der Waals surface area contributed by atoms with Crippen LogP contribution in [0.2, 0.25) is 0 Å². The number of aliphatic hydroxyl groups is 3. The first-order chi connectivity index (χ1) is 8.01. The normalized spacial score (nSPS) is 32.8. The van der Waals surface area contributed by atoms with Crippen LogP contribution < -0.4 is 0 Å². The van der Waals surface area contributed by atoms with Gasteiger partial charge in [-0.05, 0) is 25.3 Å². The molecule has 0 radical (unpaired) electrons. The van der Waals surface area contributed by atoms with Crippen molar-refractivity contribution in [3.05, 3.63) is 12.2 Å². The minimum atomic E-state index is -1.08. The molecular formula is C12H22O5. The highest BCUT2D eigenvalue weighted by Crippen LogP contribution is 2.30. The first kappa shape index (κ1) is 14.6. The summed E-state index contributed by atoms with van der Waals surface area (Å²) < 4.78 is 10.6. The van der Waals surface area contributed by atoms with Gasteiger partial charge in [-0.1, -0.05) is 6.58 Å². The summed E-state index contributed by atoms with van der Waals surface area (Å²) in [5, 5.41) is 28.2. The molecule has 0 aliphatic carbocycles. The number of aliphatic hydroxyl groups excluding tert-OH is 3. The molecule has 0 bridgehead atoms. The summed E-state index contributed by atoms with van der Waals surface area (Å²) in [5.41, 5.74) is 0.561. The maximum Gasteiger partial charge on any atom is 0.116 e. The molecule has 1 rings (SSSR count). The van der Waals surface area contributed by atoms with Crippen LogP contribution in [0, 0.1) is 0 Å². The van der Waals surface area contributed by atoms with E-state index in [1.807, 2.05) is 6.92 Å². The van der Waals surface area contributed by atoms with Crippen LogP contribution in [0.3, 0.4) is 0 Å². The SMILES string of the molecule is C=C1C(O)[C@H]([C@H](O)CO)O[C@H]1CCC(C)OC. The molecule has 0 saturated carbocycles. The van der Waals surface area contributed by atoms with Crippen LogP contribution >= 0.6 is 0 Å². The Labute approximate surface area is 102 Å². The first-order valence-electron chi connectivity index (χ1n) is 5.85. The molecule has 0 aromatic carbocycles. The topological polar surface area (TPSA) is 79.2 Å². The van der Waals surface area contributed by atoms with Crippen molar-refractivity contribution in [2.24, 2.45) is 0 Å². The maximum atomic E-state index is 9.82. The van der Waals surface area contributed by atoms with Crippen molar-refractivity contribution in [1.29, 1.82) is 0 Å². The number of hydrogen-bond acceptors (Lipinski definition) is 5. The lowest BCUT2D eigenvalue weighted by molar-refractivity contribution is -0.0837. The summed E-state index contributed by atoms with van der Waals surface area (Å²) in [4.78, 5) is 0. The average Bonchev–Trinajstić information content (AvgIpc) is 2.62. The first-order valence-corrected chi connectivity index (χ1v) is 5.85. The molecule has 0 amide bonds. The lowest BCUT2D eigenvalue weighted by atomic mass is 9.99. The Morgan fingerprint density at radius 1 is 1.53 bits per heavy atom. The second-order valence-corrected chi connectivity index (χ2v) is 4.48. The van der Waals surface area contributed by atoms with E-state index < -0.39 is 24.9 Å². The van der Waals surface area contributed by atoms with Gasteiger partial charge in [0, 0.05) is 7.11 Å². The monoisotopic (exact) mass is 246 g/mol. The van der Waals surface area contributed by atoms with Crippen molar-refractivity contribution in [2.75, 3.05) is 13.7 Å². The molecule has 3 N–H and O–H groups in total. The van der Waals surface area contributed by atoms with Gasteiger partial charge in [0.25, 0.3) is 0 Å². The number of ether oxygens (including phenoxy) is 2. The number of methoxy groups -OCH3 is 1. The summed E-state index contributed by atoms with van der Waals surface area (Å²) >= 11 is 0. The fourth-order valence-electron chi connectivity index (χ4n) is 1.92. The Hall–Kier alpha value is -0.460. The minimum Gasteiger partial charge on any atom is -0.394 e. The highest BCUT2D eigenvalue weighted by molar-refractivity contribution is 5.17. The van der Waals surface area contributed by atoms with Crippen LogP contribution in [0.15, 0.2) is 12.2 Å². The largest absolute Gasteiger partial charge is 0.394 e. The highest BCUT2D eigenvalue weighted by atomic mass is 16.5. The Morgan fingerprint density at radius 3 is 2.71 bits per heavy atom. The van der Waals surface area contributed by atoms with Crippen molar-refractivity contribution in [2.45, 2.75) is 50.3 Å². The summed E-state index contributed by atoms with van der Waals surface area (Å²) in [5.74, 6) is 0. The van der Waals surface area contributed by atoms with E-state index >= 15 is 0 Å². The fourth-order valence-corrected chi connectivity index (χ4v) is 1.92. The van der Waals surface area contributed by atoms with Gasteiger partial charge in [-0.3, -0.25) is 0 Å². The van der Waals surface area contributed by atoms with Crippen LogP contribution in [-0.4, -0.2) is 59.6 Å². The second-order valence-electron chi connectivity index (χ2n) is 4.48. The molecule has 1 saturated heterocycles. The van der Waals surface area contributed by atoms with Gasteiger partial charge in [0.15, 0.2) is 0 Å². The van der Waals surface area contributed by atoms with E-state index in [1.54, 1.807) is 7.11 Å². The van der Waals surface area contributed by atoms with Crippen molar-refractivity contribution in [1.82, 2.24) is 0 Å². The van der Waals surface area contributed by atoms with E-state index in [9.17, 15) is 10.2 Å². The summed E-state index contributed by atoms with van der Waals surface area (Å²) in [6.45, 7) is 5.30. The third kappa shape index (κ3) is 3.50. The third-order valence-electron chi connectivity index (χ3n) is 3.23. The van der Waals surface area contributed by atoms with E-state index in [4.69, 9.17) is 14.6 Å². The van der Waals surface area contributed by atoms with Gasteiger partial charge in [0.1, 0.15) is 18.3 Å². The van der Waals surface area contributed by atoms with Gasteiger partial charge in [0.05, 0.1) is 18.8 Å². The van der Waals surface area contributed by atoms with Gasteiger partial charge in [-0.2, -0.15) is 0 Å². The lowest BCUT2D eigenvalue weighted by Crippen LogP contribution is -2.37. The molecule has 1 heterocycles. The molecule has 1 aliphatic heterocycles. The van der Waals surface area contributed by atoms with Gasteiger partial charge in [-0.25, -0.2) is 0 Å². The van der Waals surface area contributed by atoms with E-state index in [2.05, 4.69) is 6.58 Å². The van der Waals surface area contributed by atoms with Crippen molar-refractivity contribution in [3.8, 4) is 0 Å². The number of rotatable bonds is 6. The van der Waals surface area contributed by atoms with Crippen LogP contribution in [0.4, 0.5) is 0 Å². The molecule has 0 spiro atoms. The third-order valence-corrected chi connectivity index (χ3v) is 3.23. The predicted molar refractivity (Wildman–Crippen MR) is 62.6 cm³/mol. The van der Waals surface area contributed by atoms with E-state index in [1.165, 1.54) is 0 Å². The standard InChI is InChI=1S/C12H22O5/c1-7(16-3)4-5-10-8(2)11(15)12(17-10)9(14)6-13/h7,9-15H,2,4-6H2,1,3H3/t7?,9-,10+,11?,12+/m1/s1. The summed E-state index contributed by atoms with van der Waals surface area (Å²) in [6, 6.07) is 0. The van der Waals surface area contributed by atoms with E-state index in [-0.39, 0.29) is 12.2 Å². The molecule has 5 nitrogen and oxygen atoms in total. The van der Waals surface area contributed by atoms with E-state index in [0.717, 1.165) is 6.42 Å². The summed E-state index contributed by atoms with van der Waals surface area (Å²) in [6.07, 6.45) is -1.48. The quantitative estimate of drug-likeness (QED) is 0.568. The molecule has 0 aromatic rings. The van der Waals surface area contributed by atoms with Gasteiger partial charge in [-0.15, -0.1) is 0 Å². The zero-order chi connectivity index (χ0) is 13.0. The Balaban J connectivity index is 2.51. The molecule has 5 atom stereocenters. The molecule has 1 aliphatic rings. The Kier molecular flexibility index (Phi) is 5.55. The van der Waals surface area contributed by atoms with Gasteiger partial charge >= 0.3 is 0 Å². The van der Waals surface area contributed by atoms with E-state index in [0.29, 0.717) is 12.0 Å². The van der Waals surface area contributed by atoms with Crippen LogP contribution in [-0.2, 0) is 9.47 Å². The van der Waals surface area contributed by atoms with Crippen LogP contribution in [0.1, 0.15) is 19.8 Å². The minimum absolute atomic E-state index is 0.116. The molecule has 2 unspecified atom stereocenters. The van der Waals surface area contributed by atoms with Crippen LogP contribution in [0.25, 0.3) is 0 Å². The smallest absolute Gasteiger partial charge is 0.116 e. The number of hydrogen-bond donors (Lipinski definition) is 3. The van der Waals surface area contributed by atoms with Crippen molar-refractivity contribution < 1.29 is 24.8 Å². The Bertz CT molecular complexity index is 255. The maximum absolute atomic E-state index is 9.82. The molecular weight excluding hydrogens is 224 g/mol. The summed E-state index contributed by atoms with van der Waals surface area (Å²) in [7, 11) is 1.64. The molecule has 100 valence electrons. The molecule has 0 aromatic heterocycles. The van der Waals surface area contributed by atoms with Crippen LogP contribution in [0.5, 0.6) is 0 Å². The van der Waals surface area contributed by atoms with Gasteiger partial charge in [0.2, 0.25) is 0 Å². The highest BCUT2D eigenvalue weighted by Gasteiger charge is 2.40. The Morgan fingerprint density at radius 2 is 2.18 bits per heavy atom. The molecule has 5 heteroatoms. The van der Waals surface area contributed by atoms with Crippen molar-refractivity contribution >= 4 is 0 Å². The zero-order valence-electron chi connectivity index (χ0n) is 10.4.